The van der Waals surface area contributed by atoms with Gasteiger partial charge in [0.15, 0.2) is 0 Å². The summed E-state index contributed by atoms with van der Waals surface area (Å²) in [5, 5.41) is 10.8. The molecule has 7 nitrogen and oxygen atoms in total. The van der Waals surface area contributed by atoms with Gasteiger partial charge in [-0.3, -0.25) is 14.3 Å². The Hall–Kier alpha value is -2.93. The number of aldehydes is 1. The summed E-state index contributed by atoms with van der Waals surface area (Å²) >= 11 is 0. The van der Waals surface area contributed by atoms with E-state index in [0.717, 1.165) is 61.2 Å². The summed E-state index contributed by atoms with van der Waals surface area (Å²) in [4.78, 5) is 24.8. The van der Waals surface area contributed by atoms with Crippen molar-refractivity contribution in [3.63, 3.8) is 0 Å². The third-order valence-electron chi connectivity index (χ3n) is 6.10. The smallest absolute Gasteiger partial charge is 0.211 e. The lowest BCUT2D eigenvalue weighted by atomic mass is 9.99. The van der Waals surface area contributed by atoms with Gasteiger partial charge in [-0.05, 0) is 63.8 Å². The molecule has 7 heteroatoms. The summed E-state index contributed by atoms with van der Waals surface area (Å²) in [5.41, 5.74) is 5.02. The van der Waals surface area contributed by atoms with Crippen molar-refractivity contribution in [2.24, 2.45) is 0 Å². The summed E-state index contributed by atoms with van der Waals surface area (Å²) in [5.74, 6) is 0. The first-order valence-electron chi connectivity index (χ1n) is 11.0. The lowest BCUT2D eigenvalue weighted by Gasteiger charge is -2.34. The summed E-state index contributed by atoms with van der Waals surface area (Å²) < 4.78 is 2.08. The number of piperidine rings is 1. The molecule has 2 heterocycles. The molecular weight excluding hydrogens is 390 g/mol. The Morgan fingerprint density at radius 2 is 2.00 bits per heavy atom. The van der Waals surface area contributed by atoms with E-state index in [0.29, 0.717) is 29.7 Å². The average molecular weight is 424 g/mol. The van der Waals surface area contributed by atoms with E-state index < -0.39 is 0 Å². The first kappa shape index (κ1) is 22.7. The van der Waals surface area contributed by atoms with E-state index in [1.807, 2.05) is 13.1 Å². The van der Waals surface area contributed by atoms with Crippen LogP contribution in [0.2, 0.25) is 0 Å². The highest BCUT2D eigenvalue weighted by molar-refractivity contribution is 5.88. The molecular formula is C24H33N5O2. The van der Waals surface area contributed by atoms with Gasteiger partial charge in [-0.15, -0.1) is 0 Å². The van der Waals surface area contributed by atoms with Gasteiger partial charge in [0.25, 0.3) is 0 Å². The molecule has 1 amide bonds. The number of benzene rings is 1. The maximum Gasteiger partial charge on any atom is 0.211 e. The van der Waals surface area contributed by atoms with Crippen LogP contribution in [0.1, 0.15) is 68.9 Å². The second-order valence-corrected chi connectivity index (χ2v) is 8.34. The van der Waals surface area contributed by atoms with Gasteiger partial charge in [-0.1, -0.05) is 6.92 Å². The Bertz CT molecular complexity index is 939. The minimum atomic E-state index is 0.424. The predicted molar refractivity (Wildman–Crippen MR) is 125 cm³/mol. The molecule has 1 aliphatic rings. The normalized spacial score (nSPS) is 16.2. The van der Waals surface area contributed by atoms with Gasteiger partial charge in [0, 0.05) is 47.8 Å². The first-order chi connectivity index (χ1) is 15.0. The van der Waals surface area contributed by atoms with Crippen molar-refractivity contribution >= 4 is 29.6 Å². The molecule has 166 valence electrons. The van der Waals surface area contributed by atoms with Gasteiger partial charge in [0.05, 0.1) is 17.9 Å². The number of aromatic nitrogens is 2. The number of nitrogens with one attached hydrogen (secondary N) is 2. The predicted octanol–water partition coefficient (Wildman–Crippen LogP) is 4.56. The second-order valence-electron chi connectivity index (χ2n) is 8.34. The summed E-state index contributed by atoms with van der Waals surface area (Å²) in [6.07, 6.45) is 8.39. The topological polar surface area (TPSA) is 79.3 Å². The Morgan fingerprint density at radius 1 is 1.26 bits per heavy atom. The Balaban J connectivity index is 1.79. The van der Waals surface area contributed by atoms with Gasteiger partial charge in [0.2, 0.25) is 6.41 Å². The molecule has 3 rings (SSSR count). The number of amides is 1. The number of likely N-dealkylation sites (tertiary alicyclic amines) is 1. The van der Waals surface area contributed by atoms with Crippen LogP contribution in [0.4, 0.5) is 11.4 Å². The molecule has 0 aliphatic carbocycles. The third-order valence-corrected chi connectivity index (χ3v) is 6.10. The van der Waals surface area contributed by atoms with Crippen LogP contribution < -0.4 is 10.6 Å². The van der Waals surface area contributed by atoms with E-state index in [2.05, 4.69) is 52.3 Å². The Morgan fingerprint density at radius 3 is 2.61 bits per heavy atom. The molecule has 1 aliphatic heterocycles. The largest absolute Gasteiger partial charge is 0.356 e. The molecule has 2 N–H and O–H groups in total. The summed E-state index contributed by atoms with van der Waals surface area (Å²) in [6, 6.07) is 6.27. The molecule has 2 aromatic rings. The van der Waals surface area contributed by atoms with E-state index in [1.54, 1.807) is 18.2 Å². The van der Waals surface area contributed by atoms with Crippen molar-refractivity contribution in [3.05, 3.63) is 47.4 Å². The maximum atomic E-state index is 11.3. The zero-order valence-corrected chi connectivity index (χ0v) is 18.9. The standard InChI is InChI=1S/C24H33N5O2/c1-5-23(18(4)22-12-19(15-30)6-7-24(22)25-16-31)27-20-13-26-29(14-20)21-8-10-28(11-9-21)17(2)3/h6-7,12-17,21,27H,5,8-11H2,1-4H3,(H,25,31)/b23-18+. The quantitative estimate of drug-likeness (QED) is 0.578. The highest BCUT2D eigenvalue weighted by Crippen LogP contribution is 2.30. The van der Waals surface area contributed by atoms with Gasteiger partial charge < -0.3 is 15.5 Å². The number of anilines is 2. The van der Waals surface area contributed by atoms with Crippen molar-refractivity contribution in [2.75, 3.05) is 23.7 Å². The highest BCUT2D eigenvalue weighted by Gasteiger charge is 2.22. The number of rotatable bonds is 9. The summed E-state index contributed by atoms with van der Waals surface area (Å²) in [7, 11) is 0. The molecule has 31 heavy (non-hydrogen) atoms. The third kappa shape index (κ3) is 5.41. The number of hydrogen-bond donors (Lipinski definition) is 2. The molecule has 0 spiro atoms. The Labute approximate surface area is 184 Å². The van der Waals surface area contributed by atoms with Crippen LogP contribution in [-0.4, -0.2) is 46.5 Å². The Kier molecular flexibility index (Phi) is 7.63. The van der Waals surface area contributed by atoms with Gasteiger partial charge in [0.1, 0.15) is 6.29 Å². The fraction of sp³-hybridized carbons (Fsp3) is 0.458. The van der Waals surface area contributed by atoms with Gasteiger partial charge in [-0.2, -0.15) is 5.10 Å². The van der Waals surface area contributed by atoms with Crippen LogP contribution in [0.5, 0.6) is 0 Å². The SMILES string of the molecule is CC/C(Nc1cnn(C2CCN(C(C)C)CC2)c1)=C(/C)c1cc(C=O)ccc1NC=O. The van der Waals surface area contributed by atoms with Gasteiger partial charge in [-0.25, -0.2) is 0 Å². The molecule has 1 aromatic carbocycles. The monoisotopic (exact) mass is 423 g/mol. The number of allylic oxidation sites excluding steroid dienone is 2. The van der Waals surface area contributed by atoms with Crippen LogP contribution in [0.3, 0.4) is 0 Å². The number of carbonyl (C=O) groups excluding carboxylic acids is 2. The van der Waals surface area contributed by atoms with Crippen LogP contribution in [0, 0.1) is 0 Å². The highest BCUT2D eigenvalue weighted by atomic mass is 16.1. The molecule has 1 fully saturated rings. The molecule has 0 radical (unpaired) electrons. The fourth-order valence-corrected chi connectivity index (χ4v) is 4.19. The lowest BCUT2D eigenvalue weighted by molar-refractivity contribution is -0.105. The fourth-order valence-electron chi connectivity index (χ4n) is 4.19. The zero-order valence-electron chi connectivity index (χ0n) is 18.9. The van der Waals surface area contributed by atoms with Crippen molar-refractivity contribution in [1.82, 2.24) is 14.7 Å². The number of nitrogens with zero attached hydrogens (tertiary/aromatic N) is 3. The molecule has 0 bridgehead atoms. The minimum Gasteiger partial charge on any atom is -0.356 e. The first-order valence-corrected chi connectivity index (χ1v) is 11.0. The van der Waals surface area contributed by atoms with E-state index in [9.17, 15) is 9.59 Å². The van der Waals surface area contributed by atoms with E-state index >= 15 is 0 Å². The van der Waals surface area contributed by atoms with Crippen molar-refractivity contribution in [1.29, 1.82) is 0 Å². The maximum absolute atomic E-state index is 11.3. The van der Waals surface area contributed by atoms with Crippen LogP contribution in [0.25, 0.3) is 5.57 Å². The van der Waals surface area contributed by atoms with E-state index in [1.165, 1.54) is 0 Å². The van der Waals surface area contributed by atoms with Crippen molar-refractivity contribution in [3.8, 4) is 0 Å². The van der Waals surface area contributed by atoms with Crippen LogP contribution in [-0.2, 0) is 4.79 Å². The van der Waals surface area contributed by atoms with E-state index in [4.69, 9.17) is 0 Å². The minimum absolute atomic E-state index is 0.424. The van der Waals surface area contributed by atoms with Crippen LogP contribution >= 0.6 is 0 Å². The van der Waals surface area contributed by atoms with Gasteiger partial charge >= 0.3 is 0 Å². The van der Waals surface area contributed by atoms with Crippen molar-refractivity contribution < 1.29 is 9.59 Å². The lowest BCUT2D eigenvalue weighted by Crippen LogP contribution is -2.39. The van der Waals surface area contributed by atoms with Crippen LogP contribution in [0.15, 0.2) is 36.3 Å². The molecule has 1 saturated heterocycles. The van der Waals surface area contributed by atoms with Crippen molar-refractivity contribution in [2.45, 2.75) is 59.0 Å². The zero-order chi connectivity index (χ0) is 22.4. The summed E-state index contributed by atoms with van der Waals surface area (Å²) in [6.45, 7) is 10.8. The van der Waals surface area contributed by atoms with E-state index in [-0.39, 0.29) is 0 Å². The second kappa shape index (κ2) is 10.4. The number of hydrogen-bond acceptors (Lipinski definition) is 5. The molecule has 1 aromatic heterocycles. The molecule has 0 unspecified atom stereocenters. The number of carbonyl (C=O) groups is 2. The average Bonchev–Trinajstić information content (AvgIpc) is 3.26. The molecule has 0 saturated carbocycles. The molecule has 0 atom stereocenters.